The molecular weight excluding hydrogens is 1520 g/mol. The molecule has 10 aliphatic rings. The molecule has 8 unspecified atom stereocenters. The van der Waals surface area contributed by atoms with Crippen LogP contribution < -0.4 is 67.4 Å². The highest BCUT2D eigenvalue weighted by Gasteiger charge is 2.51. The number of likely N-dealkylation sites (N-methyl/N-ethyl adjacent to an activating group) is 1. The number of amides is 8. The van der Waals surface area contributed by atoms with Crippen LogP contribution in [0.3, 0.4) is 0 Å². The molecule has 5 aromatic rings. The van der Waals surface area contributed by atoms with Crippen molar-refractivity contribution in [3.05, 3.63) is 117 Å². The number of phenols is 3. The van der Waals surface area contributed by atoms with E-state index in [1.165, 1.54) is 37.4 Å². The number of benzene rings is 5. The normalized spacial score (nSPS) is 28.3. The Labute approximate surface area is 659 Å². The van der Waals surface area contributed by atoms with E-state index in [1.807, 2.05) is 13.8 Å². The van der Waals surface area contributed by atoms with Crippen molar-refractivity contribution in [3.63, 3.8) is 0 Å². The number of rotatable bonds is 19. The molecule has 0 spiro atoms. The molecule has 602 valence electrons. The molecule has 6 heterocycles. The first-order valence-corrected chi connectivity index (χ1v) is 38.9. The van der Waals surface area contributed by atoms with Gasteiger partial charge >= 0.3 is 0 Å². The number of ether oxygens (including phenoxy) is 4. The monoisotopic (exact) mass is 1610 g/mol. The highest BCUT2D eigenvalue weighted by molar-refractivity contribution is 7.80. The molecule has 14 atom stereocenters. The van der Waals surface area contributed by atoms with Crippen LogP contribution in [-0.4, -0.2) is 179 Å². The zero-order valence-electron chi connectivity index (χ0n) is 61.7. The number of halogens is 2. The van der Waals surface area contributed by atoms with E-state index < -0.39 is 186 Å². The number of thiocarbonyl (C=S) groups is 1. The Bertz CT molecular complexity index is 4400. The highest BCUT2D eigenvalue weighted by Crippen LogP contribution is 2.55. The Morgan fingerprint density at radius 3 is 1.87 bits per heavy atom. The largest absolute Gasteiger partial charge is 0.508 e. The van der Waals surface area contributed by atoms with Crippen molar-refractivity contribution in [1.29, 1.82) is 0 Å². The minimum absolute atomic E-state index is 0.0806. The summed E-state index contributed by atoms with van der Waals surface area (Å²) in [7, 11) is 1.50. The van der Waals surface area contributed by atoms with Gasteiger partial charge in [-0.15, -0.1) is 0 Å². The fraction of sp³-hybridized carbons (Fsp3) is 0.500. The van der Waals surface area contributed by atoms with Crippen molar-refractivity contribution < 1.29 is 103 Å². The molecule has 31 nitrogen and oxygen atoms in total. The number of carbonyl (C=O) groups is 8. The van der Waals surface area contributed by atoms with Crippen molar-refractivity contribution in [3.8, 4) is 57.1 Å². The van der Waals surface area contributed by atoms with E-state index in [4.69, 9.17) is 54.4 Å². The van der Waals surface area contributed by atoms with E-state index in [0.29, 0.717) is 24.8 Å². The molecule has 0 aromatic heterocycles. The third-order valence-corrected chi connectivity index (χ3v) is 22.8. The quantitative estimate of drug-likeness (QED) is 0.0397. The van der Waals surface area contributed by atoms with Crippen LogP contribution in [0.2, 0.25) is 10.0 Å². The highest BCUT2D eigenvalue weighted by atomic mass is 35.5. The van der Waals surface area contributed by atoms with Crippen LogP contribution in [0.15, 0.2) is 78.9 Å². The number of nitrogens with one attached hydrogen (secondary N) is 10. The maximum atomic E-state index is 16.4. The Hall–Kier alpha value is -9.19. The molecule has 4 aliphatic carbocycles. The van der Waals surface area contributed by atoms with Crippen molar-refractivity contribution in [2.24, 2.45) is 29.6 Å². The van der Waals surface area contributed by atoms with Gasteiger partial charge in [0, 0.05) is 29.8 Å². The second-order valence-corrected chi connectivity index (χ2v) is 31.6. The zero-order chi connectivity index (χ0) is 80.3. The summed E-state index contributed by atoms with van der Waals surface area (Å²) in [4.78, 5) is 123. The molecule has 4 saturated carbocycles. The Morgan fingerprint density at radius 1 is 0.634 bits per heavy atom. The number of aliphatic hydroxyl groups is 6. The standard InChI is InChI=1S/C78H94Cl2N10O21S/c1-5-6-7-8-9-10-17-82-78(112)84-56(95)31-48-71(102)86-60-41-27-53(108-51-15-12-37(25-45(51)79)64(96)62(75(106)83-48)89-70(101)47(81-4)18-33(2)3)69(111-77-68(100)67(99)66(98)55(32-91)110-77)54(28-41)109-52-16-13-38(26-46(52)80)65(97)63-76(107)88-61(74(105)85-58-39-20-34-19-35(22-39)23-40(58)21-34)44-29-42(92)30-50(94)57(44)43-24-36(11-14-49(43)93)59(72(103)90-63)87-73(60)104/h11-16,24-30,33-35,39-40,47-48,55,58-68,77,81,91-94,96-100H,5-10,17-23,31-32H2,1-4H3,(H,83,106)(H,85,105)(H,86,102)(H,87,104)(H,88,107)(H,89,101)(H,90,103)(H2,82,84,95,112)/t34?,35?,39?,40?,47-,48?,55?,58?,59-,60?,61-,62?,63+,64-,65-,66?,67?,68?,77?/m1/s1. The summed E-state index contributed by atoms with van der Waals surface area (Å²) < 4.78 is 25.5. The summed E-state index contributed by atoms with van der Waals surface area (Å²) >= 11 is 19.8. The minimum Gasteiger partial charge on any atom is -0.508 e. The average Bonchev–Trinajstić information content (AvgIpc) is 0.732. The van der Waals surface area contributed by atoms with Crippen LogP contribution >= 0.6 is 35.4 Å². The Kier molecular flexibility index (Phi) is 26.1. The third-order valence-electron chi connectivity index (χ3n) is 22.0. The third kappa shape index (κ3) is 18.2. The fourth-order valence-corrected chi connectivity index (χ4v) is 17.1. The maximum Gasteiger partial charge on any atom is 0.248 e. The zero-order valence-corrected chi connectivity index (χ0v) is 64.1. The molecule has 1 saturated heterocycles. The van der Waals surface area contributed by atoms with Crippen molar-refractivity contribution in [2.45, 2.75) is 195 Å². The summed E-state index contributed by atoms with van der Waals surface area (Å²) in [5.74, 6) is -12.6. The number of fused-ring (bicyclic) bond motifs is 15. The number of hydrogen-bond donors (Lipinski definition) is 19. The van der Waals surface area contributed by atoms with Crippen LogP contribution in [0, 0.1) is 29.6 Å². The second-order valence-electron chi connectivity index (χ2n) is 30.4. The van der Waals surface area contributed by atoms with E-state index in [0.717, 1.165) is 113 Å². The number of aromatic hydroxyl groups is 3. The molecule has 34 heteroatoms. The van der Waals surface area contributed by atoms with Crippen LogP contribution in [0.5, 0.6) is 46.0 Å². The van der Waals surface area contributed by atoms with E-state index in [-0.39, 0.29) is 90.3 Å². The fourth-order valence-electron chi connectivity index (χ4n) is 16.5. The molecule has 5 aromatic carbocycles. The summed E-state index contributed by atoms with van der Waals surface area (Å²) in [6.45, 7) is 5.17. The molecule has 19 N–H and O–H groups in total. The van der Waals surface area contributed by atoms with Gasteiger partial charge in [-0.25, -0.2) is 0 Å². The van der Waals surface area contributed by atoms with Crippen LogP contribution in [0.4, 0.5) is 0 Å². The Morgan fingerprint density at radius 2 is 1.24 bits per heavy atom. The predicted molar refractivity (Wildman–Crippen MR) is 407 cm³/mol. The van der Waals surface area contributed by atoms with Crippen LogP contribution in [0.25, 0.3) is 11.1 Å². The SMILES string of the molecule is CCCCCCCCNC(=S)NC(=O)CC1NC(=O)C(NC(=O)[C@@H](CC(C)C)NC)[C@H](O)c2ccc(c(Cl)c2)Oc2cc3cc(c2OC2OC(CO)C(O)C(O)C2O)Oc2ccc(cc2Cl)[C@@H](O)[C@@H]2NC(=O)[C@H](NC(=O)C3NC1=O)c1ccc(O)c(c1)-c1c(O)cc(O)cc1[C@H](C(=O)NC1C3CC4CC(C3)CC1C4)NC2=O. The number of unbranched alkanes of at least 4 members (excludes halogenated alkanes) is 5. The van der Waals surface area contributed by atoms with Crippen LogP contribution in [-0.2, 0) is 43.1 Å². The van der Waals surface area contributed by atoms with Gasteiger partial charge < -0.3 is 118 Å². The Balaban J connectivity index is 1.04. The molecule has 112 heavy (non-hydrogen) atoms. The second kappa shape index (κ2) is 35.5. The van der Waals surface area contributed by atoms with Gasteiger partial charge in [0.15, 0.2) is 16.6 Å². The van der Waals surface area contributed by atoms with E-state index in [1.54, 1.807) is 0 Å². The number of carbonyl (C=O) groups excluding carboxylic acids is 8. The lowest BCUT2D eigenvalue weighted by Gasteiger charge is -2.54. The lowest BCUT2D eigenvalue weighted by molar-refractivity contribution is -0.277. The minimum atomic E-state index is -2.32. The van der Waals surface area contributed by atoms with Gasteiger partial charge in [-0.05, 0) is 176 Å². The van der Waals surface area contributed by atoms with Gasteiger partial charge in [0.25, 0.3) is 0 Å². The van der Waals surface area contributed by atoms with Crippen molar-refractivity contribution in [2.75, 3.05) is 20.2 Å². The first-order chi connectivity index (χ1) is 53.5. The number of aliphatic hydroxyl groups excluding tert-OH is 6. The number of phenolic OH excluding ortho intramolecular Hbond substituents is 3. The van der Waals surface area contributed by atoms with Gasteiger partial charge in [-0.3, -0.25) is 38.4 Å². The molecule has 15 rings (SSSR count). The van der Waals surface area contributed by atoms with Gasteiger partial charge in [0.05, 0.1) is 29.1 Å². The van der Waals surface area contributed by atoms with Gasteiger partial charge in [-0.1, -0.05) is 94.3 Å². The van der Waals surface area contributed by atoms with E-state index in [9.17, 15) is 55.5 Å². The lowest BCUT2D eigenvalue weighted by atomic mass is 9.54. The molecule has 0 radical (unpaired) electrons. The van der Waals surface area contributed by atoms with Crippen molar-refractivity contribution >= 4 is 87.8 Å². The summed E-state index contributed by atoms with van der Waals surface area (Å²) in [5.41, 5.74) is -1.99. The van der Waals surface area contributed by atoms with E-state index in [2.05, 4.69) is 60.1 Å². The summed E-state index contributed by atoms with van der Waals surface area (Å²) in [5, 5.41) is 131. The van der Waals surface area contributed by atoms with Gasteiger partial charge in [-0.2, -0.15) is 0 Å². The van der Waals surface area contributed by atoms with Gasteiger partial charge in [0.1, 0.15) is 102 Å². The van der Waals surface area contributed by atoms with Crippen molar-refractivity contribution in [1.82, 2.24) is 53.2 Å². The predicted octanol–water partition coefficient (Wildman–Crippen LogP) is 4.59. The smallest absolute Gasteiger partial charge is 0.248 e. The molecule has 6 aliphatic heterocycles. The van der Waals surface area contributed by atoms with Crippen LogP contribution in [0.1, 0.15) is 162 Å². The summed E-state index contributed by atoms with van der Waals surface area (Å²) in [6, 6.07) is 0.669. The first-order valence-electron chi connectivity index (χ1n) is 37.7. The van der Waals surface area contributed by atoms with Gasteiger partial charge in [0.2, 0.25) is 59.3 Å². The number of hydrogen-bond acceptors (Lipinski definition) is 23. The summed E-state index contributed by atoms with van der Waals surface area (Å²) in [6.07, 6.45) is -4.76. The topological polar surface area (TPSA) is 476 Å². The molecular formula is C78H94Cl2N10O21S. The molecule has 15 bridgehead atoms. The molecule has 8 amide bonds. The maximum absolute atomic E-state index is 16.4. The lowest BCUT2D eigenvalue weighted by Crippen LogP contribution is -2.60. The van der Waals surface area contributed by atoms with E-state index >= 15 is 28.8 Å². The molecule has 5 fully saturated rings. The first kappa shape index (κ1) is 82.3. The average molecular weight is 1610 g/mol.